The summed E-state index contributed by atoms with van der Waals surface area (Å²) in [6, 6.07) is -1.03. The fraction of sp³-hybridized carbons (Fsp3) is 0.706. The van der Waals surface area contributed by atoms with Crippen LogP contribution >= 0.6 is 0 Å². The molecule has 0 aliphatic heterocycles. The van der Waals surface area contributed by atoms with E-state index in [1.165, 1.54) is 0 Å². The van der Waals surface area contributed by atoms with E-state index < -0.39 is 12.0 Å². The van der Waals surface area contributed by atoms with Gasteiger partial charge in [-0.15, -0.1) is 0 Å². The van der Waals surface area contributed by atoms with Gasteiger partial charge in [-0.3, -0.25) is 9.48 Å². The van der Waals surface area contributed by atoms with Crippen LogP contribution in [0, 0.1) is 25.7 Å². The van der Waals surface area contributed by atoms with Crippen LogP contribution < -0.4 is 5.32 Å². The average molecular weight is 321 g/mol. The van der Waals surface area contributed by atoms with E-state index in [4.69, 9.17) is 0 Å². The standard InChI is InChI=1S/C17H27N3O3/c1-5-12-6-8-13(9-7-12)16(21)18-15(17(22)23)14-10(2)19-20(4)11(14)3/h12-13,15H,5-9H2,1-4H3,(H,18,21)(H,22,23). The molecule has 1 aliphatic carbocycles. The van der Waals surface area contributed by atoms with Crippen molar-refractivity contribution >= 4 is 11.9 Å². The summed E-state index contributed by atoms with van der Waals surface area (Å²) in [4.78, 5) is 24.2. The quantitative estimate of drug-likeness (QED) is 0.872. The molecule has 2 rings (SSSR count). The summed E-state index contributed by atoms with van der Waals surface area (Å²) in [5, 5.41) is 16.6. The zero-order chi connectivity index (χ0) is 17.1. The lowest BCUT2D eigenvalue weighted by atomic mass is 9.80. The highest BCUT2D eigenvalue weighted by atomic mass is 16.4. The molecule has 1 fully saturated rings. The van der Waals surface area contributed by atoms with Crippen LogP contribution in [0.5, 0.6) is 0 Å². The Kier molecular flexibility index (Phi) is 5.44. The van der Waals surface area contributed by atoms with Crippen molar-refractivity contribution in [2.24, 2.45) is 18.9 Å². The number of hydrogen-bond donors (Lipinski definition) is 2. The van der Waals surface area contributed by atoms with E-state index in [9.17, 15) is 14.7 Å². The minimum Gasteiger partial charge on any atom is -0.479 e. The number of aliphatic carboxylic acids is 1. The molecule has 1 unspecified atom stereocenters. The van der Waals surface area contributed by atoms with Crippen LogP contribution in [0.15, 0.2) is 0 Å². The van der Waals surface area contributed by atoms with Crippen LogP contribution in [0.1, 0.15) is 62.0 Å². The molecule has 128 valence electrons. The largest absolute Gasteiger partial charge is 0.479 e. The smallest absolute Gasteiger partial charge is 0.331 e. The molecular formula is C17H27N3O3. The third-order valence-electron chi connectivity index (χ3n) is 5.18. The molecule has 6 heteroatoms. The lowest BCUT2D eigenvalue weighted by Crippen LogP contribution is -2.39. The van der Waals surface area contributed by atoms with Gasteiger partial charge >= 0.3 is 5.97 Å². The fourth-order valence-electron chi connectivity index (χ4n) is 3.56. The third kappa shape index (κ3) is 3.74. The Labute approximate surface area is 137 Å². The Morgan fingerprint density at radius 2 is 1.91 bits per heavy atom. The Morgan fingerprint density at radius 3 is 2.35 bits per heavy atom. The molecule has 6 nitrogen and oxygen atoms in total. The molecule has 1 aliphatic rings. The van der Waals surface area contributed by atoms with Gasteiger partial charge in [0.25, 0.3) is 0 Å². The second-order valence-corrected chi connectivity index (χ2v) is 6.61. The number of hydrogen-bond acceptors (Lipinski definition) is 3. The number of carboxylic acids is 1. The molecule has 0 bridgehead atoms. The summed E-state index contributed by atoms with van der Waals surface area (Å²) in [7, 11) is 1.78. The monoisotopic (exact) mass is 321 g/mol. The molecule has 0 aromatic carbocycles. The predicted octanol–water partition coefficient (Wildman–Crippen LogP) is 2.50. The maximum absolute atomic E-state index is 12.5. The zero-order valence-electron chi connectivity index (χ0n) is 14.4. The summed E-state index contributed by atoms with van der Waals surface area (Å²) in [6.45, 7) is 5.78. The highest BCUT2D eigenvalue weighted by Crippen LogP contribution is 2.31. The van der Waals surface area contributed by atoms with E-state index >= 15 is 0 Å². The minimum atomic E-state index is -1.04. The van der Waals surface area contributed by atoms with Crippen LogP contribution in [0.4, 0.5) is 0 Å². The van der Waals surface area contributed by atoms with Crippen molar-refractivity contribution in [2.75, 3.05) is 0 Å². The number of amides is 1. The molecule has 2 N–H and O–H groups in total. The number of aryl methyl sites for hydroxylation is 2. The molecule has 1 amide bonds. The van der Waals surface area contributed by atoms with Gasteiger partial charge in [-0.25, -0.2) is 4.79 Å². The molecule has 23 heavy (non-hydrogen) atoms. The van der Waals surface area contributed by atoms with Gasteiger partial charge in [0.15, 0.2) is 6.04 Å². The molecule has 0 radical (unpaired) electrons. The van der Waals surface area contributed by atoms with Gasteiger partial charge in [-0.1, -0.05) is 13.3 Å². The molecule has 1 heterocycles. The van der Waals surface area contributed by atoms with Crippen molar-refractivity contribution in [3.63, 3.8) is 0 Å². The SMILES string of the molecule is CCC1CCC(C(=O)NC(C(=O)O)c2c(C)nn(C)c2C)CC1. The first-order chi connectivity index (χ1) is 10.8. The maximum Gasteiger partial charge on any atom is 0.331 e. The van der Waals surface area contributed by atoms with Crippen molar-refractivity contribution in [1.82, 2.24) is 15.1 Å². The molecule has 1 aromatic heterocycles. The number of carbonyl (C=O) groups excluding carboxylic acids is 1. The van der Waals surface area contributed by atoms with Gasteiger partial charge in [-0.2, -0.15) is 5.10 Å². The van der Waals surface area contributed by atoms with Crippen molar-refractivity contribution in [3.05, 3.63) is 17.0 Å². The maximum atomic E-state index is 12.5. The fourth-order valence-corrected chi connectivity index (χ4v) is 3.56. The van der Waals surface area contributed by atoms with Crippen LogP contribution in [0.25, 0.3) is 0 Å². The second-order valence-electron chi connectivity index (χ2n) is 6.61. The van der Waals surface area contributed by atoms with Crippen molar-refractivity contribution in [3.8, 4) is 0 Å². The summed E-state index contributed by atoms with van der Waals surface area (Å²) >= 11 is 0. The molecule has 1 atom stereocenters. The van der Waals surface area contributed by atoms with Crippen molar-refractivity contribution < 1.29 is 14.7 Å². The van der Waals surface area contributed by atoms with Crippen LogP contribution in [0.2, 0.25) is 0 Å². The van der Waals surface area contributed by atoms with Gasteiger partial charge in [0, 0.05) is 24.2 Å². The molecule has 0 spiro atoms. The number of carbonyl (C=O) groups is 2. The summed E-state index contributed by atoms with van der Waals surface area (Å²) < 4.78 is 1.65. The summed E-state index contributed by atoms with van der Waals surface area (Å²) in [5.41, 5.74) is 2.01. The minimum absolute atomic E-state index is 0.0723. The number of aromatic nitrogens is 2. The Bertz CT molecular complexity index is 586. The Balaban J connectivity index is 2.11. The lowest BCUT2D eigenvalue weighted by molar-refractivity contribution is -0.143. The molecule has 1 aromatic rings. The highest BCUT2D eigenvalue weighted by Gasteiger charge is 2.32. The Hall–Kier alpha value is -1.85. The predicted molar refractivity (Wildman–Crippen MR) is 86.9 cm³/mol. The van der Waals surface area contributed by atoms with Crippen LogP contribution in [0.3, 0.4) is 0 Å². The summed E-state index contributed by atoms with van der Waals surface area (Å²) in [6.07, 6.45) is 4.96. The number of rotatable bonds is 5. The normalized spacial score (nSPS) is 22.6. The van der Waals surface area contributed by atoms with E-state index in [2.05, 4.69) is 17.3 Å². The van der Waals surface area contributed by atoms with E-state index in [0.717, 1.165) is 37.8 Å². The average Bonchev–Trinajstić information content (AvgIpc) is 2.77. The highest BCUT2D eigenvalue weighted by molar-refractivity contribution is 5.86. The first kappa shape index (κ1) is 17.5. The lowest BCUT2D eigenvalue weighted by Gasteiger charge is -2.28. The first-order valence-electron chi connectivity index (χ1n) is 8.38. The van der Waals surface area contributed by atoms with E-state index in [-0.39, 0.29) is 11.8 Å². The van der Waals surface area contributed by atoms with Gasteiger partial charge in [-0.05, 0) is 45.4 Å². The number of nitrogens with one attached hydrogen (secondary N) is 1. The molecular weight excluding hydrogens is 294 g/mol. The van der Waals surface area contributed by atoms with Gasteiger partial charge in [0.2, 0.25) is 5.91 Å². The van der Waals surface area contributed by atoms with Crippen LogP contribution in [-0.4, -0.2) is 26.8 Å². The van der Waals surface area contributed by atoms with Gasteiger partial charge in [0.05, 0.1) is 5.69 Å². The molecule has 0 saturated heterocycles. The van der Waals surface area contributed by atoms with E-state index in [1.807, 2.05) is 6.92 Å². The number of nitrogens with zero attached hydrogens (tertiary/aromatic N) is 2. The summed E-state index contributed by atoms with van der Waals surface area (Å²) in [5.74, 6) is -0.552. The van der Waals surface area contributed by atoms with E-state index in [1.54, 1.807) is 18.7 Å². The van der Waals surface area contributed by atoms with Crippen molar-refractivity contribution in [2.45, 2.75) is 58.9 Å². The number of carboxylic acid groups (broad SMARTS) is 1. The molecule has 1 saturated carbocycles. The zero-order valence-corrected chi connectivity index (χ0v) is 14.4. The van der Waals surface area contributed by atoms with Gasteiger partial charge < -0.3 is 10.4 Å². The third-order valence-corrected chi connectivity index (χ3v) is 5.18. The topological polar surface area (TPSA) is 84.2 Å². The second kappa shape index (κ2) is 7.15. The Morgan fingerprint density at radius 1 is 1.30 bits per heavy atom. The van der Waals surface area contributed by atoms with Crippen LogP contribution in [-0.2, 0) is 16.6 Å². The van der Waals surface area contributed by atoms with Gasteiger partial charge in [0.1, 0.15) is 0 Å². The van der Waals surface area contributed by atoms with E-state index in [0.29, 0.717) is 17.2 Å². The van der Waals surface area contributed by atoms with Crippen molar-refractivity contribution in [1.29, 1.82) is 0 Å². The first-order valence-corrected chi connectivity index (χ1v) is 8.38.